The maximum absolute atomic E-state index is 14.1. The molecule has 1 aliphatic heterocycles. The minimum absolute atomic E-state index is 0.0377. The predicted octanol–water partition coefficient (Wildman–Crippen LogP) is 6.52. The van der Waals surface area contributed by atoms with Gasteiger partial charge in [0.15, 0.2) is 0 Å². The number of aliphatic imine (C=N–C) groups is 1. The quantitative estimate of drug-likeness (QED) is 0.395. The van der Waals surface area contributed by atoms with E-state index >= 15 is 0 Å². The average Bonchev–Trinajstić information content (AvgIpc) is 3.13. The number of nitrogens with one attached hydrogen (secondary N) is 1. The van der Waals surface area contributed by atoms with E-state index < -0.39 is 11.6 Å². The van der Waals surface area contributed by atoms with Crippen molar-refractivity contribution < 1.29 is 19.5 Å². The number of carboxylic acids is 1. The van der Waals surface area contributed by atoms with Crippen molar-refractivity contribution in [2.45, 2.75) is 71.5 Å². The predicted molar refractivity (Wildman–Crippen MR) is 153 cm³/mol. The molecule has 1 aliphatic carbocycles. The number of benzene rings is 2. The lowest BCUT2D eigenvalue weighted by Crippen LogP contribution is -2.51. The van der Waals surface area contributed by atoms with Gasteiger partial charge in [-0.3, -0.25) is 19.4 Å². The molecule has 7 nitrogen and oxygen atoms in total. The Hall–Kier alpha value is -2.90. The van der Waals surface area contributed by atoms with Gasteiger partial charge in [0.1, 0.15) is 11.4 Å². The van der Waals surface area contributed by atoms with E-state index in [4.69, 9.17) is 33.3 Å². The summed E-state index contributed by atoms with van der Waals surface area (Å²) < 4.78 is 0. The topological polar surface area (TPSA) is 99.1 Å². The SMILES string of the molecule is C[C@H](c1cccc(C(=O)NCCC(=O)O)c1)N1C(=O)C(c2cc(Cl)cc(Cl)c2)=NC12CCC(C(C)(C)C)CC2. The fourth-order valence-electron chi connectivity index (χ4n) is 5.80. The van der Waals surface area contributed by atoms with E-state index in [1.165, 1.54) is 0 Å². The lowest BCUT2D eigenvalue weighted by molar-refractivity contribution is -0.137. The molecule has 1 atom stereocenters. The monoisotopic (exact) mass is 571 g/mol. The molecule has 2 aromatic carbocycles. The molecule has 4 rings (SSSR count). The van der Waals surface area contributed by atoms with Crippen molar-refractivity contribution in [2.24, 2.45) is 16.3 Å². The van der Waals surface area contributed by atoms with E-state index in [9.17, 15) is 14.4 Å². The fraction of sp³-hybridized carbons (Fsp3) is 0.467. The molecule has 0 unspecified atom stereocenters. The molecular weight excluding hydrogens is 537 g/mol. The molecule has 2 aliphatic rings. The van der Waals surface area contributed by atoms with Gasteiger partial charge in [0.05, 0.1) is 12.5 Å². The van der Waals surface area contributed by atoms with Crippen LogP contribution in [0, 0.1) is 11.3 Å². The zero-order chi connectivity index (χ0) is 28.5. The first kappa shape index (κ1) is 29.1. The minimum atomic E-state index is -0.978. The summed E-state index contributed by atoms with van der Waals surface area (Å²) in [6.45, 7) is 8.76. The molecular formula is C30H35Cl2N3O4. The maximum atomic E-state index is 14.1. The number of amides is 2. The third-order valence-corrected chi connectivity index (χ3v) is 8.42. The molecule has 208 valence electrons. The number of rotatable bonds is 7. The molecule has 1 saturated carbocycles. The van der Waals surface area contributed by atoms with Crippen molar-refractivity contribution in [2.75, 3.05) is 6.54 Å². The maximum Gasteiger partial charge on any atom is 0.305 e. The van der Waals surface area contributed by atoms with Gasteiger partial charge < -0.3 is 15.3 Å². The van der Waals surface area contributed by atoms with E-state index in [2.05, 4.69) is 26.1 Å². The van der Waals surface area contributed by atoms with Gasteiger partial charge in [-0.15, -0.1) is 0 Å². The Kier molecular flexibility index (Phi) is 8.43. The largest absolute Gasteiger partial charge is 0.481 e. The van der Waals surface area contributed by atoms with Crippen LogP contribution < -0.4 is 5.32 Å². The first-order chi connectivity index (χ1) is 18.3. The molecule has 0 radical (unpaired) electrons. The fourth-order valence-corrected chi connectivity index (χ4v) is 6.33. The summed E-state index contributed by atoms with van der Waals surface area (Å²) in [5, 5.41) is 12.4. The van der Waals surface area contributed by atoms with Gasteiger partial charge in [0.2, 0.25) is 0 Å². The minimum Gasteiger partial charge on any atom is -0.481 e. The Bertz CT molecular complexity index is 1290. The van der Waals surface area contributed by atoms with Crippen LogP contribution in [0.1, 0.15) is 87.3 Å². The molecule has 2 N–H and O–H groups in total. The van der Waals surface area contributed by atoms with Crippen LogP contribution in [0.4, 0.5) is 0 Å². The first-order valence-electron chi connectivity index (χ1n) is 13.3. The average molecular weight is 573 g/mol. The third kappa shape index (κ3) is 6.30. The van der Waals surface area contributed by atoms with Crippen molar-refractivity contribution >= 4 is 46.7 Å². The van der Waals surface area contributed by atoms with E-state index in [0.29, 0.717) is 32.8 Å². The highest BCUT2D eigenvalue weighted by Gasteiger charge is 2.52. The first-order valence-corrected chi connectivity index (χ1v) is 14.1. The molecule has 2 amide bonds. The number of hydrogen-bond donors (Lipinski definition) is 2. The van der Waals surface area contributed by atoms with Gasteiger partial charge in [0, 0.05) is 27.7 Å². The number of carbonyl (C=O) groups excluding carboxylic acids is 2. The van der Waals surface area contributed by atoms with Crippen LogP contribution in [0.3, 0.4) is 0 Å². The summed E-state index contributed by atoms with van der Waals surface area (Å²) in [4.78, 5) is 44.6. The second-order valence-electron chi connectivity index (χ2n) is 11.6. The second kappa shape index (κ2) is 11.3. The Morgan fingerprint density at radius 3 is 2.36 bits per heavy atom. The van der Waals surface area contributed by atoms with Crippen LogP contribution in [0.15, 0.2) is 47.5 Å². The lowest BCUT2D eigenvalue weighted by atomic mass is 9.69. The number of halogens is 2. The van der Waals surface area contributed by atoms with Crippen LogP contribution >= 0.6 is 23.2 Å². The summed E-state index contributed by atoms with van der Waals surface area (Å²) in [6.07, 6.45) is 3.20. The Balaban J connectivity index is 1.68. The standard InChI is InChI=1S/C30H35Cl2N3O4/c1-18(19-6-5-7-20(14-19)27(38)33-13-10-25(36)37)35-28(39)26(21-15-23(31)17-24(32)16-21)34-30(35)11-8-22(9-12-30)29(2,3)4/h5-7,14-18,22H,8-13H2,1-4H3,(H,33,38)(H,36,37)/t18-,22?,30?/m1/s1. The molecule has 9 heteroatoms. The van der Waals surface area contributed by atoms with Crippen molar-refractivity contribution in [3.8, 4) is 0 Å². The van der Waals surface area contributed by atoms with Gasteiger partial charge in [-0.25, -0.2) is 0 Å². The van der Waals surface area contributed by atoms with Crippen molar-refractivity contribution in [3.05, 3.63) is 69.2 Å². The van der Waals surface area contributed by atoms with Crippen molar-refractivity contribution in [1.29, 1.82) is 0 Å². The van der Waals surface area contributed by atoms with E-state index in [1.54, 1.807) is 36.4 Å². The van der Waals surface area contributed by atoms with E-state index in [0.717, 1.165) is 31.2 Å². The van der Waals surface area contributed by atoms with Crippen molar-refractivity contribution in [1.82, 2.24) is 10.2 Å². The summed E-state index contributed by atoms with van der Waals surface area (Å²) in [5.74, 6) is -1.00. The Labute approximate surface area is 239 Å². The van der Waals surface area contributed by atoms with Crippen LogP contribution in [0.25, 0.3) is 0 Å². The molecule has 1 spiro atoms. The summed E-state index contributed by atoms with van der Waals surface area (Å²) >= 11 is 12.6. The van der Waals surface area contributed by atoms with E-state index in [1.807, 2.05) is 17.9 Å². The molecule has 1 fully saturated rings. The number of nitrogens with zero attached hydrogens (tertiary/aromatic N) is 2. The Morgan fingerprint density at radius 2 is 1.77 bits per heavy atom. The normalized spacial score (nSPS) is 22.1. The van der Waals surface area contributed by atoms with Crippen LogP contribution in [0.5, 0.6) is 0 Å². The van der Waals surface area contributed by atoms with Gasteiger partial charge >= 0.3 is 5.97 Å². The zero-order valence-corrected chi connectivity index (χ0v) is 24.3. The zero-order valence-electron chi connectivity index (χ0n) is 22.8. The highest BCUT2D eigenvalue weighted by atomic mass is 35.5. The molecule has 0 saturated heterocycles. The summed E-state index contributed by atoms with van der Waals surface area (Å²) in [5.41, 5.74) is 1.61. The number of carboxylic acid groups (broad SMARTS) is 1. The van der Waals surface area contributed by atoms with Crippen molar-refractivity contribution in [3.63, 3.8) is 0 Å². The number of carbonyl (C=O) groups is 3. The smallest absolute Gasteiger partial charge is 0.305 e. The highest BCUT2D eigenvalue weighted by Crippen LogP contribution is 2.49. The number of aliphatic carboxylic acids is 1. The van der Waals surface area contributed by atoms with E-state index in [-0.39, 0.29) is 36.2 Å². The van der Waals surface area contributed by atoms with Crippen LogP contribution in [-0.4, -0.2) is 45.7 Å². The Morgan fingerprint density at radius 1 is 1.13 bits per heavy atom. The molecule has 2 aromatic rings. The summed E-state index contributed by atoms with van der Waals surface area (Å²) in [7, 11) is 0. The summed E-state index contributed by atoms with van der Waals surface area (Å²) in [6, 6.07) is 11.8. The van der Waals surface area contributed by atoms with Gasteiger partial charge in [-0.2, -0.15) is 0 Å². The molecule has 1 heterocycles. The third-order valence-electron chi connectivity index (χ3n) is 7.98. The number of hydrogen-bond acceptors (Lipinski definition) is 4. The van der Waals surface area contributed by atoms with Gasteiger partial charge in [-0.1, -0.05) is 56.1 Å². The highest BCUT2D eigenvalue weighted by molar-refractivity contribution is 6.47. The van der Waals surface area contributed by atoms with Gasteiger partial charge in [-0.05, 0) is 79.8 Å². The molecule has 0 aromatic heterocycles. The molecule has 0 bridgehead atoms. The van der Waals surface area contributed by atoms with Crippen LogP contribution in [-0.2, 0) is 9.59 Å². The second-order valence-corrected chi connectivity index (χ2v) is 12.5. The van der Waals surface area contributed by atoms with Crippen LogP contribution in [0.2, 0.25) is 10.0 Å². The lowest BCUT2D eigenvalue weighted by Gasteiger charge is -2.46. The van der Waals surface area contributed by atoms with Gasteiger partial charge in [0.25, 0.3) is 11.8 Å². The molecule has 39 heavy (non-hydrogen) atoms.